The van der Waals surface area contributed by atoms with Gasteiger partial charge in [-0.05, 0) is 41.5 Å². The first-order chi connectivity index (χ1) is 11.7. The van der Waals surface area contributed by atoms with Crippen LogP contribution in [0.5, 0.6) is 11.5 Å². The molecule has 0 fully saturated rings. The minimum Gasteiger partial charge on any atom is -0.493 e. The molecule has 6 nitrogen and oxygen atoms in total. The van der Waals surface area contributed by atoms with Gasteiger partial charge < -0.3 is 9.47 Å². The Bertz CT molecular complexity index is 817. The van der Waals surface area contributed by atoms with E-state index in [0.29, 0.717) is 18.1 Å². The first-order valence-electron chi connectivity index (χ1n) is 7.19. The molecule has 0 unspecified atom stereocenters. The molecule has 0 aliphatic rings. The van der Waals surface area contributed by atoms with Crippen LogP contribution in [0.2, 0.25) is 0 Å². The van der Waals surface area contributed by atoms with Gasteiger partial charge in [0, 0.05) is 4.47 Å². The normalized spacial score (nSPS) is 10.9. The summed E-state index contributed by atoms with van der Waals surface area (Å²) in [5.74, 6) is 1.33. The second-order valence-corrected chi connectivity index (χ2v) is 5.83. The summed E-state index contributed by atoms with van der Waals surface area (Å²) in [6, 6.07) is 13.6. The van der Waals surface area contributed by atoms with Crippen LogP contribution < -0.4 is 9.47 Å². The average molecular weight is 387 g/mol. The molecule has 3 rings (SSSR count). The monoisotopic (exact) mass is 386 g/mol. The fraction of sp³-hybridized carbons (Fsp3) is 0.118. The van der Waals surface area contributed by atoms with Crippen molar-refractivity contribution in [3.8, 4) is 11.5 Å². The van der Waals surface area contributed by atoms with Gasteiger partial charge in [0.15, 0.2) is 11.5 Å². The summed E-state index contributed by atoms with van der Waals surface area (Å²) >= 11 is 3.42. The summed E-state index contributed by atoms with van der Waals surface area (Å²) in [5, 5.41) is 11.6. The SMILES string of the molecule is COc1cc(/C=N\n2cnnc2)ccc1OCc1ccc(Br)cc1. The summed E-state index contributed by atoms with van der Waals surface area (Å²) in [6.07, 6.45) is 4.73. The standard InChI is InChI=1S/C17H15BrN4O2/c1-23-17-8-14(9-21-22-11-19-20-12-22)4-7-16(17)24-10-13-2-5-15(18)6-3-13/h2-9,11-12H,10H2,1H3/b21-9-. The molecule has 0 saturated carbocycles. The Morgan fingerprint density at radius 3 is 2.54 bits per heavy atom. The van der Waals surface area contributed by atoms with Crippen LogP contribution in [0.3, 0.4) is 0 Å². The second-order valence-electron chi connectivity index (χ2n) is 4.91. The van der Waals surface area contributed by atoms with Gasteiger partial charge in [-0.2, -0.15) is 5.10 Å². The van der Waals surface area contributed by atoms with Crippen molar-refractivity contribution in [2.75, 3.05) is 7.11 Å². The van der Waals surface area contributed by atoms with Gasteiger partial charge in [-0.1, -0.05) is 28.1 Å². The molecular weight excluding hydrogens is 372 g/mol. The Morgan fingerprint density at radius 2 is 1.83 bits per heavy atom. The Labute approximate surface area is 147 Å². The number of benzene rings is 2. The van der Waals surface area contributed by atoms with Crippen molar-refractivity contribution in [3.05, 3.63) is 70.7 Å². The first-order valence-corrected chi connectivity index (χ1v) is 7.98. The van der Waals surface area contributed by atoms with Gasteiger partial charge in [-0.25, -0.2) is 4.68 Å². The van der Waals surface area contributed by atoms with Crippen LogP contribution in [-0.4, -0.2) is 28.2 Å². The molecule has 0 N–H and O–H groups in total. The van der Waals surface area contributed by atoms with E-state index in [4.69, 9.17) is 9.47 Å². The van der Waals surface area contributed by atoms with Crippen molar-refractivity contribution < 1.29 is 9.47 Å². The van der Waals surface area contributed by atoms with Crippen LogP contribution in [0.15, 0.2) is 64.7 Å². The van der Waals surface area contributed by atoms with Crippen LogP contribution in [0.25, 0.3) is 0 Å². The zero-order chi connectivity index (χ0) is 16.8. The smallest absolute Gasteiger partial charge is 0.161 e. The molecule has 0 saturated heterocycles. The Balaban J connectivity index is 1.70. The van der Waals surface area contributed by atoms with Crippen molar-refractivity contribution >= 4 is 22.1 Å². The second kappa shape index (κ2) is 7.74. The van der Waals surface area contributed by atoms with E-state index < -0.39 is 0 Å². The van der Waals surface area contributed by atoms with Crippen molar-refractivity contribution in [1.29, 1.82) is 0 Å². The minimum atomic E-state index is 0.470. The summed E-state index contributed by atoms with van der Waals surface area (Å²) in [5.41, 5.74) is 1.97. The van der Waals surface area contributed by atoms with Crippen LogP contribution in [0, 0.1) is 0 Å². The lowest BCUT2D eigenvalue weighted by Crippen LogP contribution is -1.98. The van der Waals surface area contributed by atoms with Gasteiger partial charge in [0.2, 0.25) is 0 Å². The van der Waals surface area contributed by atoms with E-state index in [0.717, 1.165) is 15.6 Å². The van der Waals surface area contributed by atoms with Gasteiger partial charge in [-0.3, -0.25) is 0 Å². The molecule has 122 valence electrons. The van der Waals surface area contributed by atoms with E-state index in [1.54, 1.807) is 13.3 Å². The molecule has 0 aliphatic heterocycles. The molecule has 1 aromatic heterocycles. The maximum atomic E-state index is 5.85. The molecule has 7 heteroatoms. The maximum Gasteiger partial charge on any atom is 0.161 e. The number of hydrogen-bond donors (Lipinski definition) is 0. The van der Waals surface area contributed by atoms with Crippen LogP contribution in [0.1, 0.15) is 11.1 Å². The van der Waals surface area contributed by atoms with Crippen molar-refractivity contribution in [2.45, 2.75) is 6.61 Å². The molecule has 24 heavy (non-hydrogen) atoms. The van der Waals surface area contributed by atoms with E-state index in [2.05, 4.69) is 31.2 Å². The molecule has 0 spiro atoms. The summed E-state index contributed by atoms with van der Waals surface area (Å²) < 4.78 is 13.8. The van der Waals surface area contributed by atoms with Crippen molar-refractivity contribution in [1.82, 2.24) is 14.9 Å². The molecule has 3 aromatic rings. The van der Waals surface area contributed by atoms with Gasteiger partial charge >= 0.3 is 0 Å². The predicted molar refractivity (Wildman–Crippen MR) is 94.5 cm³/mol. The quantitative estimate of drug-likeness (QED) is 0.608. The number of methoxy groups -OCH3 is 1. The Morgan fingerprint density at radius 1 is 1.08 bits per heavy atom. The van der Waals surface area contributed by atoms with Gasteiger partial charge in [0.1, 0.15) is 19.3 Å². The fourth-order valence-corrected chi connectivity index (χ4v) is 2.28. The predicted octanol–water partition coefficient (Wildman–Crippen LogP) is 3.51. The van der Waals surface area contributed by atoms with E-state index in [9.17, 15) is 0 Å². The molecule has 0 atom stereocenters. The third kappa shape index (κ3) is 4.20. The summed E-state index contributed by atoms with van der Waals surface area (Å²) in [6.45, 7) is 0.470. The summed E-state index contributed by atoms with van der Waals surface area (Å²) in [4.78, 5) is 0. The van der Waals surface area contributed by atoms with Gasteiger partial charge in [0.25, 0.3) is 0 Å². The third-order valence-corrected chi connectivity index (χ3v) is 3.77. The molecule has 1 heterocycles. The Hall–Kier alpha value is -2.67. The highest BCUT2D eigenvalue weighted by Gasteiger charge is 2.06. The highest BCUT2D eigenvalue weighted by atomic mass is 79.9. The van der Waals surface area contributed by atoms with Crippen LogP contribution in [0.4, 0.5) is 0 Å². The number of hydrogen-bond acceptors (Lipinski definition) is 5. The van der Waals surface area contributed by atoms with Crippen LogP contribution >= 0.6 is 15.9 Å². The number of aromatic nitrogens is 3. The van der Waals surface area contributed by atoms with E-state index in [-0.39, 0.29) is 0 Å². The number of rotatable bonds is 6. The van der Waals surface area contributed by atoms with Gasteiger partial charge in [0.05, 0.1) is 13.3 Å². The molecule has 0 aliphatic carbocycles. The lowest BCUT2D eigenvalue weighted by Gasteiger charge is -2.11. The number of ether oxygens (including phenoxy) is 2. The molecule has 0 bridgehead atoms. The first kappa shape index (κ1) is 16.2. The lowest BCUT2D eigenvalue weighted by atomic mass is 10.2. The lowest BCUT2D eigenvalue weighted by molar-refractivity contribution is 0.284. The average Bonchev–Trinajstić information content (AvgIpc) is 3.13. The largest absolute Gasteiger partial charge is 0.493 e. The van der Waals surface area contributed by atoms with E-state index in [1.165, 1.54) is 17.3 Å². The van der Waals surface area contributed by atoms with E-state index >= 15 is 0 Å². The van der Waals surface area contributed by atoms with E-state index in [1.807, 2.05) is 42.5 Å². The zero-order valence-electron chi connectivity index (χ0n) is 13.0. The molecule has 2 aromatic carbocycles. The number of halogens is 1. The highest BCUT2D eigenvalue weighted by Crippen LogP contribution is 2.28. The number of nitrogens with zero attached hydrogens (tertiary/aromatic N) is 4. The minimum absolute atomic E-state index is 0.470. The van der Waals surface area contributed by atoms with Gasteiger partial charge in [-0.15, -0.1) is 10.2 Å². The fourth-order valence-electron chi connectivity index (χ4n) is 2.01. The molecule has 0 radical (unpaired) electrons. The maximum absolute atomic E-state index is 5.85. The topological polar surface area (TPSA) is 61.5 Å². The molecule has 0 amide bonds. The summed E-state index contributed by atoms with van der Waals surface area (Å²) in [7, 11) is 1.61. The zero-order valence-corrected chi connectivity index (χ0v) is 14.5. The van der Waals surface area contributed by atoms with Crippen LogP contribution in [-0.2, 0) is 6.61 Å². The Kier molecular flexibility index (Phi) is 5.22. The van der Waals surface area contributed by atoms with Crippen molar-refractivity contribution in [2.24, 2.45) is 5.10 Å². The third-order valence-electron chi connectivity index (χ3n) is 3.24. The molecular formula is C17H15BrN4O2. The van der Waals surface area contributed by atoms with Crippen molar-refractivity contribution in [3.63, 3.8) is 0 Å². The highest BCUT2D eigenvalue weighted by molar-refractivity contribution is 9.10.